The lowest BCUT2D eigenvalue weighted by molar-refractivity contribution is -0.143. The summed E-state index contributed by atoms with van der Waals surface area (Å²) >= 11 is 0. The van der Waals surface area contributed by atoms with Gasteiger partial charge in [-0.25, -0.2) is 0 Å². The Morgan fingerprint density at radius 2 is 2.26 bits per heavy atom. The van der Waals surface area contributed by atoms with E-state index in [0.717, 1.165) is 29.5 Å². The topological polar surface area (TPSA) is 72.5 Å². The Morgan fingerprint density at radius 3 is 3.00 bits per heavy atom. The fourth-order valence-electron chi connectivity index (χ4n) is 2.62. The molecule has 4 nitrogen and oxygen atoms in total. The van der Waals surface area contributed by atoms with Crippen LogP contribution in [-0.4, -0.2) is 23.7 Å². The van der Waals surface area contributed by atoms with Gasteiger partial charge in [-0.15, -0.1) is 0 Å². The van der Waals surface area contributed by atoms with Crippen molar-refractivity contribution >= 4 is 5.97 Å². The second-order valence-corrected chi connectivity index (χ2v) is 5.04. The molecule has 1 atom stereocenters. The molecule has 104 valence electrons. The van der Waals surface area contributed by atoms with Crippen LogP contribution in [0.3, 0.4) is 0 Å². The van der Waals surface area contributed by atoms with E-state index in [9.17, 15) is 9.90 Å². The predicted molar refractivity (Wildman–Crippen MR) is 73.1 cm³/mol. The smallest absolute Gasteiger partial charge is 0.305 e. The van der Waals surface area contributed by atoms with Gasteiger partial charge in [0.25, 0.3) is 0 Å². The van der Waals surface area contributed by atoms with Gasteiger partial charge in [0, 0.05) is 12.5 Å². The number of carbonyl (C=O) groups excluding carboxylic acids is 1. The zero-order valence-corrected chi connectivity index (χ0v) is 11.3. The number of hydrogen-bond donors (Lipinski definition) is 2. The summed E-state index contributed by atoms with van der Waals surface area (Å²) in [7, 11) is 0. The van der Waals surface area contributed by atoms with Crippen LogP contribution in [0.25, 0.3) is 0 Å². The summed E-state index contributed by atoms with van der Waals surface area (Å²) in [6.45, 7) is 2.22. The van der Waals surface area contributed by atoms with Gasteiger partial charge in [-0.1, -0.05) is 12.1 Å². The monoisotopic (exact) mass is 263 g/mol. The molecule has 1 aromatic rings. The Morgan fingerprint density at radius 1 is 1.47 bits per heavy atom. The average Bonchev–Trinajstić information content (AvgIpc) is 2.74. The number of aryl methyl sites for hydroxylation is 1. The summed E-state index contributed by atoms with van der Waals surface area (Å²) in [4.78, 5) is 11.2. The molecule has 3 N–H and O–H groups in total. The predicted octanol–water partition coefficient (Wildman–Crippen LogP) is 1.70. The van der Waals surface area contributed by atoms with Crippen molar-refractivity contribution in [2.75, 3.05) is 6.61 Å². The molecule has 1 aliphatic rings. The van der Waals surface area contributed by atoms with E-state index in [2.05, 4.69) is 0 Å². The molecule has 0 bridgehead atoms. The molecule has 0 aliphatic heterocycles. The van der Waals surface area contributed by atoms with Crippen LogP contribution >= 0.6 is 0 Å². The van der Waals surface area contributed by atoms with Crippen LogP contribution in [0.4, 0.5) is 0 Å². The average molecular weight is 263 g/mol. The second-order valence-electron chi connectivity index (χ2n) is 5.04. The van der Waals surface area contributed by atoms with Gasteiger partial charge < -0.3 is 15.6 Å². The van der Waals surface area contributed by atoms with Crippen LogP contribution in [0.15, 0.2) is 12.1 Å². The summed E-state index contributed by atoms with van der Waals surface area (Å²) in [5, 5.41) is 10.2. The lowest BCUT2D eigenvalue weighted by atomic mass is 10.0. The first-order valence-corrected chi connectivity index (χ1v) is 6.85. The van der Waals surface area contributed by atoms with E-state index in [1.54, 1.807) is 6.92 Å². The molecule has 1 aromatic carbocycles. The number of rotatable bonds is 5. The molecule has 1 unspecified atom stereocenters. The van der Waals surface area contributed by atoms with Crippen molar-refractivity contribution in [2.45, 2.75) is 45.1 Å². The van der Waals surface area contributed by atoms with Crippen molar-refractivity contribution in [2.24, 2.45) is 5.73 Å². The number of carbonyl (C=O) groups is 1. The fraction of sp³-hybridized carbons (Fsp3) is 0.533. The number of nitrogens with two attached hydrogens (primary N) is 1. The van der Waals surface area contributed by atoms with Crippen molar-refractivity contribution < 1.29 is 14.6 Å². The van der Waals surface area contributed by atoms with Crippen LogP contribution in [0.2, 0.25) is 0 Å². The molecule has 4 heteroatoms. The van der Waals surface area contributed by atoms with Gasteiger partial charge >= 0.3 is 5.97 Å². The molecule has 0 aromatic heterocycles. The molecule has 0 saturated carbocycles. The quantitative estimate of drug-likeness (QED) is 0.793. The highest BCUT2D eigenvalue weighted by Gasteiger charge is 2.22. The number of fused-ring (bicyclic) bond motifs is 1. The first kappa shape index (κ1) is 13.9. The van der Waals surface area contributed by atoms with Crippen LogP contribution in [0, 0.1) is 0 Å². The van der Waals surface area contributed by atoms with Crippen LogP contribution in [-0.2, 0) is 28.8 Å². The number of aromatic hydroxyl groups is 1. The van der Waals surface area contributed by atoms with Crippen molar-refractivity contribution in [3.63, 3.8) is 0 Å². The molecule has 19 heavy (non-hydrogen) atoms. The third-order valence-corrected chi connectivity index (χ3v) is 3.54. The maximum absolute atomic E-state index is 11.2. The van der Waals surface area contributed by atoms with E-state index in [-0.39, 0.29) is 12.0 Å². The first-order valence-electron chi connectivity index (χ1n) is 6.85. The van der Waals surface area contributed by atoms with Gasteiger partial charge in [-0.05, 0) is 49.3 Å². The lowest BCUT2D eigenvalue weighted by Crippen LogP contribution is -2.19. The van der Waals surface area contributed by atoms with Crippen molar-refractivity contribution in [3.05, 3.63) is 28.8 Å². The van der Waals surface area contributed by atoms with Crippen molar-refractivity contribution in [1.29, 1.82) is 0 Å². The minimum atomic E-state index is -0.176. The maximum atomic E-state index is 11.2. The van der Waals surface area contributed by atoms with Gasteiger partial charge in [-0.3, -0.25) is 4.79 Å². The third kappa shape index (κ3) is 3.26. The number of esters is 1. The number of ether oxygens (including phenoxy) is 1. The Bertz CT molecular complexity index is 471. The van der Waals surface area contributed by atoms with E-state index >= 15 is 0 Å². The summed E-state index contributed by atoms with van der Waals surface area (Å²) in [6, 6.07) is 4.11. The molecule has 0 radical (unpaired) electrons. The Kier molecular flexibility index (Phi) is 4.43. The zero-order valence-electron chi connectivity index (χ0n) is 11.3. The molecular formula is C15H21NO3. The number of benzene rings is 1. The van der Waals surface area contributed by atoms with E-state index in [0.29, 0.717) is 31.6 Å². The second kappa shape index (κ2) is 6.06. The van der Waals surface area contributed by atoms with Gasteiger partial charge in [0.05, 0.1) is 6.61 Å². The minimum Gasteiger partial charge on any atom is -0.507 e. The molecule has 0 saturated heterocycles. The highest BCUT2D eigenvalue weighted by Crippen LogP contribution is 2.33. The normalized spacial score (nSPS) is 17.3. The Hall–Kier alpha value is -1.55. The maximum Gasteiger partial charge on any atom is 0.305 e. The molecule has 0 heterocycles. The third-order valence-electron chi connectivity index (χ3n) is 3.54. The Balaban J connectivity index is 1.95. The van der Waals surface area contributed by atoms with Gasteiger partial charge in [0.15, 0.2) is 0 Å². The standard InChI is InChI=1S/C15H21NO3/c1-2-19-14(17)5-3-4-10-6-7-11-8-12(16)9-13(11)15(10)18/h6-7,12,18H,2-5,8-9,16H2,1H3. The van der Waals surface area contributed by atoms with Gasteiger partial charge in [0.1, 0.15) is 5.75 Å². The summed E-state index contributed by atoms with van der Waals surface area (Å²) in [5.74, 6) is 0.194. The number of phenols is 1. The largest absolute Gasteiger partial charge is 0.507 e. The molecule has 0 amide bonds. The van der Waals surface area contributed by atoms with Crippen LogP contribution in [0.5, 0.6) is 5.75 Å². The number of phenolic OH excluding ortho intramolecular Hbond substituents is 1. The first-order chi connectivity index (χ1) is 9.11. The molecule has 1 aliphatic carbocycles. The molecular weight excluding hydrogens is 242 g/mol. The molecule has 2 rings (SSSR count). The summed E-state index contributed by atoms with van der Waals surface area (Å²) < 4.78 is 4.88. The SMILES string of the molecule is CCOC(=O)CCCc1ccc2c(c1O)CC(N)C2. The van der Waals surface area contributed by atoms with E-state index in [1.165, 1.54) is 0 Å². The van der Waals surface area contributed by atoms with E-state index in [1.807, 2.05) is 12.1 Å². The minimum absolute atomic E-state index is 0.121. The number of hydrogen-bond acceptors (Lipinski definition) is 4. The lowest BCUT2D eigenvalue weighted by Gasteiger charge is -2.09. The van der Waals surface area contributed by atoms with Crippen LogP contribution in [0.1, 0.15) is 36.5 Å². The van der Waals surface area contributed by atoms with Gasteiger partial charge in [0.2, 0.25) is 0 Å². The highest BCUT2D eigenvalue weighted by atomic mass is 16.5. The summed E-state index contributed by atoms with van der Waals surface area (Å²) in [6.07, 6.45) is 3.35. The van der Waals surface area contributed by atoms with Crippen LogP contribution < -0.4 is 5.73 Å². The van der Waals surface area contributed by atoms with Gasteiger partial charge in [-0.2, -0.15) is 0 Å². The van der Waals surface area contributed by atoms with E-state index in [4.69, 9.17) is 10.5 Å². The highest BCUT2D eigenvalue weighted by molar-refractivity contribution is 5.69. The molecule has 0 fully saturated rings. The van der Waals surface area contributed by atoms with E-state index < -0.39 is 0 Å². The van der Waals surface area contributed by atoms with Crippen molar-refractivity contribution in [3.8, 4) is 5.75 Å². The van der Waals surface area contributed by atoms with Crippen molar-refractivity contribution in [1.82, 2.24) is 0 Å². The fourth-order valence-corrected chi connectivity index (χ4v) is 2.62. The zero-order chi connectivity index (χ0) is 13.8. The summed E-state index contributed by atoms with van der Waals surface area (Å²) in [5.41, 5.74) is 8.94. The molecule has 0 spiro atoms. The Labute approximate surface area is 113 Å².